The third kappa shape index (κ3) is 2.76. The van der Waals surface area contributed by atoms with Crippen LogP contribution < -0.4 is 5.73 Å². The Bertz CT molecular complexity index is 343. The third-order valence-corrected chi connectivity index (χ3v) is 5.95. The van der Waals surface area contributed by atoms with E-state index in [4.69, 9.17) is 5.73 Å². The standard InChI is InChI=1S/C16H32N4/c1-13-8-16(11-17,12-20(13)15-4-5-15)19(3)10-14-6-7-18(2)9-14/h13-15H,4-12,17H2,1-3H3. The molecule has 2 N–H and O–H groups in total. The summed E-state index contributed by atoms with van der Waals surface area (Å²) in [6, 6.07) is 1.57. The van der Waals surface area contributed by atoms with Crippen LogP contribution in [-0.4, -0.2) is 79.1 Å². The summed E-state index contributed by atoms with van der Waals surface area (Å²) in [6.07, 6.45) is 5.41. The lowest BCUT2D eigenvalue weighted by molar-refractivity contribution is 0.109. The van der Waals surface area contributed by atoms with Crippen molar-refractivity contribution >= 4 is 0 Å². The molecule has 1 saturated carbocycles. The molecule has 3 atom stereocenters. The fourth-order valence-electron chi connectivity index (χ4n) is 4.46. The van der Waals surface area contributed by atoms with Crippen molar-refractivity contribution in [3.63, 3.8) is 0 Å². The van der Waals surface area contributed by atoms with E-state index in [9.17, 15) is 0 Å². The minimum absolute atomic E-state index is 0.225. The van der Waals surface area contributed by atoms with Gasteiger partial charge in [-0.25, -0.2) is 0 Å². The highest BCUT2D eigenvalue weighted by atomic mass is 15.3. The molecule has 4 heteroatoms. The van der Waals surface area contributed by atoms with E-state index >= 15 is 0 Å². The highest BCUT2D eigenvalue weighted by Crippen LogP contribution is 2.39. The van der Waals surface area contributed by atoms with Crippen molar-refractivity contribution in [1.29, 1.82) is 0 Å². The Morgan fingerprint density at radius 2 is 2.05 bits per heavy atom. The molecule has 3 aliphatic rings. The normalized spacial score (nSPS) is 40.0. The summed E-state index contributed by atoms with van der Waals surface area (Å²) >= 11 is 0. The molecule has 0 amide bonds. The van der Waals surface area contributed by atoms with Gasteiger partial charge in [0, 0.05) is 43.8 Å². The average molecular weight is 280 g/mol. The van der Waals surface area contributed by atoms with Crippen LogP contribution in [0.15, 0.2) is 0 Å². The molecule has 2 saturated heterocycles. The molecule has 3 unspecified atom stereocenters. The molecule has 0 radical (unpaired) electrons. The van der Waals surface area contributed by atoms with Gasteiger partial charge in [0.2, 0.25) is 0 Å². The van der Waals surface area contributed by atoms with E-state index in [0.717, 1.165) is 18.5 Å². The van der Waals surface area contributed by atoms with Crippen LogP contribution in [0.4, 0.5) is 0 Å². The summed E-state index contributed by atoms with van der Waals surface area (Å²) in [4.78, 5) is 7.79. The van der Waals surface area contributed by atoms with Crippen LogP contribution in [0.1, 0.15) is 32.6 Å². The lowest BCUT2D eigenvalue weighted by Crippen LogP contribution is -2.55. The van der Waals surface area contributed by atoms with Gasteiger partial charge in [-0.3, -0.25) is 9.80 Å². The van der Waals surface area contributed by atoms with Gasteiger partial charge in [-0.05, 0) is 59.2 Å². The predicted octanol–water partition coefficient (Wildman–Crippen LogP) is 0.824. The number of hydrogen-bond donors (Lipinski definition) is 1. The van der Waals surface area contributed by atoms with Crippen molar-refractivity contribution in [2.75, 3.05) is 46.8 Å². The number of likely N-dealkylation sites (tertiary alicyclic amines) is 2. The van der Waals surface area contributed by atoms with Crippen molar-refractivity contribution < 1.29 is 0 Å². The van der Waals surface area contributed by atoms with Gasteiger partial charge in [0.1, 0.15) is 0 Å². The van der Waals surface area contributed by atoms with Gasteiger partial charge in [-0.15, -0.1) is 0 Å². The molecule has 2 aliphatic heterocycles. The van der Waals surface area contributed by atoms with Gasteiger partial charge in [-0.2, -0.15) is 0 Å². The molecule has 2 heterocycles. The van der Waals surface area contributed by atoms with Gasteiger partial charge in [0.15, 0.2) is 0 Å². The highest BCUT2D eigenvalue weighted by Gasteiger charge is 2.48. The quantitative estimate of drug-likeness (QED) is 0.809. The van der Waals surface area contributed by atoms with E-state index in [1.165, 1.54) is 51.9 Å². The van der Waals surface area contributed by atoms with Crippen LogP contribution in [0.25, 0.3) is 0 Å². The average Bonchev–Trinajstić information content (AvgIpc) is 3.09. The molecule has 3 rings (SSSR count). The van der Waals surface area contributed by atoms with Crippen molar-refractivity contribution in [1.82, 2.24) is 14.7 Å². The van der Waals surface area contributed by atoms with Crippen molar-refractivity contribution in [3.05, 3.63) is 0 Å². The Labute approximate surface area is 124 Å². The monoisotopic (exact) mass is 280 g/mol. The zero-order valence-electron chi connectivity index (χ0n) is 13.5. The lowest BCUT2D eigenvalue weighted by Gasteiger charge is -2.39. The first-order valence-electron chi connectivity index (χ1n) is 8.40. The predicted molar refractivity (Wildman–Crippen MR) is 83.8 cm³/mol. The van der Waals surface area contributed by atoms with Crippen LogP contribution in [0.5, 0.6) is 0 Å². The maximum Gasteiger partial charge on any atom is 0.0470 e. The van der Waals surface area contributed by atoms with E-state index in [0.29, 0.717) is 6.04 Å². The molecule has 116 valence electrons. The summed E-state index contributed by atoms with van der Waals surface area (Å²) in [5.74, 6) is 0.832. The van der Waals surface area contributed by atoms with E-state index in [2.05, 4.69) is 35.7 Å². The largest absolute Gasteiger partial charge is 0.329 e. The second-order valence-electron chi connectivity index (χ2n) is 7.68. The number of hydrogen-bond acceptors (Lipinski definition) is 4. The molecule has 3 fully saturated rings. The van der Waals surface area contributed by atoms with E-state index < -0.39 is 0 Å². The number of nitrogens with two attached hydrogens (primary N) is 1. The van der Waals surface area contributed by atoms with Gasteiger partial charge in [0.05, 0.1) is 0 Å². The third-order valence-electron chi connectivity index (χ3n) is 5.95. The summed E-state index contributed by atoms with van der Waals surface area (Å²) in [5.41, 5.74) is 6.46. The summed E-state index contributed by atoms with van der Waals surface area (Å²) < 4.78 is 0. The first-order valence-corrected chi connectivity index (χ1v) is 8.40. The molecule has 20 heavy (non-hydrogen) atoms. The van der Waals surface area contributed by atoms with Crippen LogP contribution in [0.3, 0.4) is 0 Å². The fourth-order valence-corrected chi connectivity index (χ4v) is 4.46. The van der Waals surface area contributed by atoms with Gasteiger partial charge in [0.25, 0.3) is 0 Å². The summed E-state index contributed by atoms with van der Waals surface area (Å²) in [5, 5.41) is 0. The molecular weight excluding hydrogens is 248 g/mol. The second-order valence-corrected chi connectivity index (χ2v) is 7.68. The Morgan fingerprint density at radius 1 is 1.30 bits per heavy atom. The first-order chi connectivity index (χ1) is 9.54. The van der Waals surface area contributed by atoms with Gasteiger partial charge >= 0.3 is 0 Å². The molecule has 0 aromatic heterocycles. The first kappa shape index (κ1) is 14.8. The zero-order chi connectivity index (χ0) is 14.3. The zero-order valence-corrected chi connectivity index (χ0v) is 13.5. The van der Waals surface area contributed by atoms with Crippen LogP contribution in [-0.2, 0) is 0 Å². The summed E-state index contributed by atoms with van der Waals surface area (Å²) in [6.45, 7) is 8.12. The SMILES string of the molecule is CC1CC(CN)(N(C)CC2CCN(C)C2)CN1C1CC1. The van der Waals surface area contributed by atoms with E-state index in [-0.39, 0.29) is 5.54 Å². The maximum atomic E-state index is 6.24. The molecular formula is C16H32N4. The lowest BCUT2D eigenvalue weighted by atomic mass is 9.93. The minimum Gasteiger partial charge on any atom is -0.329 e. The van der Waals surface area contributed by atoms with Crippen molar-refractivity contribution in [3.8, 4) is 0 Å². The summed E-state index contributed by atoms with van der Waals surface area (Å²) in [7, 11) is 4.56. The van der Waals surface area contributed by atoms with Crippen LogP contribution in [0, 0.1) is 5.92 Å². The molecule has 0 spiro atoms. The van der Waals surface area contributed by atoms with E-state index in [1.807, 2.05) is 0 Å². The second kappa shape index (κ2) is 5.56. The Hall–Kier alpha value is -0.160. The van der Waals surface area contributed by atoms with Gasteiger partial charge in [-0.1, -0.05) is 0 Å². The molecule has 0 aromatic carbocycles. The Balaban J connectivity index is 1.63. The number of nitrogens with zero attached hydrogens (tertiary/aromatic N) is 3. The number of likely N-dealkylation sites (N-methyl/N-ethyl adjacent to an activating group) is 1. The van der Waals surface area contributed by atoms with Crippen molar-refractivity contribution in [2.45, 2.75) is 50.2 Å². The maximum absolute atomic E-state index is 6.24. The fraction of sp³-hybridized carbons (Fsp3) is 1.00. The molecule has 1 aliphatic carbocycles. The highest BCUT2D eigenvalue weighted by molar-refractivity contribution is 5.06. The topological polar surface area (TPSA) is 35.7 Å². The van der Waals surface area contributed by atoms with E-state index in [1.54, 1.807) is 0 Å². The van der Waals surface area contributed by atoms with Crippen LogP contribution in [0.2, 0.25) is 0 Å². The molecule has 0 aromatic rings. The van der Waals surface area contributed by atoms with Gasteiger partial charge < -0.3 is 10.6 Å². The van der Waals surface area contributed by atoms with Crippen molar-refractivity contribution in [2.24, 2.45) is 11.7 Å². The van der Waals surface area contributed by atoms with Crippen LogP contribution >= 0.6 is 0 Å². The molecule has 4 nitrogen and oxygen atoms in total. The number of rotatable bonds is 5. The minimum atomic E-state index is 0.225. The Morgan fingerprint density at radius 3 is 2.60 bits per heavy atom. The Kier molecular flexibility index (Phi) is 4.10. The smallest absolute Gasteiger partial charge is 0.0470 e. The molecule has 0 bridgehead atoms.